The normalized spacial score (nSPS) is 12.1. The summed E-state index contributed by atoms with van der Waals surface area (Å²) in [5, 5.41) is 4.92. The zero-order valence-electron chi connectivity index (χ0n) is 10.8. The third-order valence-corrected chi connectivity index (χ3v) is 4.85. The lowest BCUT2D eigenvalue weighted by Crippen LogP contribution is -2.16. The highest BCUT2D eigenvalue weighted by Gasteiger charge is 2.18. The van der Waals surface area contributed by atoms with Crippen LogP contribution in [0.3, 0.4) is 0 Å². The molecule has 0 saturated heterocycles. The molecular weight excluding hydrogens is 338 g/mol. The summed E-state index contributed by atoms with van der Waals surface area (Å²) in [6.07, 6.45) is 0. The molecule has 22 heavy (non-hydrogen) atoms. The molecule has 6 nitrogen and oxygen atoms in total. The smallest absolute Gasteiger partial charge is 0.261 e. The number of benzene rings is 2. The van der Waals surface area contributed by atoms with Gasteiger partial charge in [-0.3, -0.25) is 4.72 Å². The van der Waals surface area contributed by atoms with Gasteiger partial charge in [-0.1, -0.05) is 6.07 Å². The molecule has 0 spiro atoms. The van der Waals surface area contributed by atoms with E-state index in [2.05, 4.69) is 0 Å². The van der Waals surface area contributed by atoms with Crippen molar-refractivity contribution in [1.82, 2.24) is 0 Å². The Kier molecular flexibility index (Phi) is 4.18. The molecule has 0 aliphatic rings. The van der Waals surface area contributed by atoms with Gasteiger partial charge in [0.05, 0.1) is 15.5 Å². The number of anilines is 1. The van der Waals surface area contributed by atoms with Crippen LogP contribution in [0.4, 0.5) is 14.5 Å². The summed E-state index contributed by atoms with van der Waals surface area (Å²) in [5.74, 6) is -1.92. The summed E-state index contributed by atoms with van der Waals surface area (Å²) in [6, 6.07) is 6.41. The van der Waals surface area contributed by atoms with Crippen molar-refractivity contribution in [3.8, 4) is 0 Å². The molecule has 2 aromatic rings. The molecule has 3 N–H and O–H groups in total. The third-order valence-electron chi connectivity index (χ3n) is 2.56. The van der Waals surface area contributed by atoms with Crippen LogP contribution >= 0.6 is 0 Å². The lowest BCUT2D eigenvalue weighted by Gasteiger charge is -2.09. The van der Waals surface area contributed by atoms with Crippen molar-refractivity contribution in [3.63, 3.8) is 0 Å². The molecule has 0 aliphatic heterocycles. The molecule has 2 rings (SSSR count). The van der Waals surface area contributed by atoms with E-state index in [4.69, 9.17) is 5.14 Å². The van der Waals surface area contributed by atoms with Gasteiger partial charge in [0.1, 0.15) is 11.6 Å². The topological polar surface area (TPSA) is 106 Å². The molecule has 0 heterocycles. The van der Waals surface area contributed by atoms with Crippen LogP contribution in [0.2, 0.25) is 0 Å². The van der Waals surface area contributed by atoms with E-state index in [9.17, 15) is 25.6 Å². The number of primary sulfonamides is 1. The van der Waals surface area contributed by atoms with E-state index in [-0.39, 0.29) is 5.69 Å². The lowest BCUT2D eigenvalue weighted by molar-refractivity contribution is 0.584. The summed E-state index contributed by atoms with van der Waals surface area (Å²) in [4.78, 5) is -0.815. The molecular formula is C12H10F2N2O4S2. The van der Waals surface area contributed by atoms with E-state index in [0.717, 1.165) is 30.3 Å². The van der Waals surface area contributed by atoms with Crippen molar-refractivity contribution in [2.75, 3.05) is 4.72 Å². The van der Waals surface area contributed by atoms with Crippen LogP contribution < -0.4 is 9.86 Å². The van der Waals surface area contributed by atoms with E-state index in [0.29, 0.717) is 6.07 Å². The highest BCUT2D eigenvalue weighted by Crippen LogP contribution is 2.20. The highest BCUT2D eigenvalue weighted by atomic mass is 32.2. The van der Waals surface area contributed by atoms with Crippen molar-refractivity contribution < 1.29 is 25.6 Å². The number of sulfonamides is 2. The fourth-order valence-corrected chi connectivity index (χ4v) is 3.37. The minimum atomic E-state index is -4.23. The predicted octanol–water partition coefficient (Wildman–Crippen LogP) is 1.41. The first-order chi connectivity index (χ1) is 10.1. The van der Waals surface area contributed by atoms with Gasteiger partial charge in [0, 0.05) is 6.07 Å². The second-order valence-corrected chi connectivity index (χ2v) is 7.53. The molecule has 2 aromatic carbocycles. The van der Waals surface area contributed by atoms with Crippen LogP contribution in [-0.2, 0) is 20.0 Å². The first-order valence-electron chi connectivity index (χ1n) is 5.70. The first kappa shape index (κ1) is 16.3. The average molecular weight is 348 g/mol. The monoisotopic (exact) mass is 348 g/mol. The molecule has 0 fully saturated rings. The Morgan fingerprint density at radius 1 is 0.864 bits per heavy atom. The number of nitrogens with one attached hydrogen (secondary N) is 1. The zero-order valence-corrected chi connectivity index (χ0v) is 12.5. The Hall–Kier alpha value is -2.04. The van der Waals surface area contributed by atoms with Gasteiger partial charge in [-0.15, -0.1) is 0 Å². The number of hydrogen-bond acceptors (Lipinski definition) is 4. The van der Waals surface area contributed by atoms with Gasteiger partial charge in [0.2, 0.25) is 10.0 Å². The molecule has 0 aliphatic carbocycles. The Balaban J connectivity index is 2.43. The van der Waals surface area contributed by atoms with E-state index in [1.165, 1.54) is 6.07 Å². The fourth-order valence-electron chi connectivity index (χ4n) is 1.65. The van der Waals surface area contributed by atoms with Gasteiger partial charge >= 0.3 is 0 Å². The minimum absolute atomic E-state index is 0.335. The van der Waals surface area contributed by atoms with Crippen LogP contribution in [0.15, 0.2) is 52.3 Å². The Morgan fingerprint density at radius 3 is 1.95 bits per heavy atom. The third kappa shape index (κ3) is 3.78. The maximum atomic E-state index is 13.1. The Labute approximate surface area is 125 Å². The van der Waals surface area contributed by atoms with Crippen LogP contribution in [0.1, 0.15) is 0 Å². The number of rotatable bonds is 4. The number of nitrogens with two attached hydrogens (primary N) is 1. The largest absolute Gasteiger partial charge is 0.279 e. The summed E-state index contributed by atoms with van der Waals surface area (Å²) in [7, 11) is -8.32. The maximum Gasteiger partial charge on any atom is 0.261 e. The predicted molar refractivity (Wildman–Crippen MR) is 75.0 cm³/mol. The second kappa shape index (κ2) is 5.63. The average Bonchev–Trinajstić information content (AvgIpc) is 2.36. The van der Waals surface area contributed by atoms with Gasteiger partial charge in [-0.25, -0.2) is 30.8 Å². The van der Waals surface area contributed by atoms with E-state index in [1.54, 1.807) is 0 Å². The van der Waals surface area contributed by atoms with Crippen LogP contribution in [0, 0.1) is 11.6 Å². The summed E-state index contributed by atoms with van der Waals surface area (Å²) in [5.41, 5.74) is -0.335. The highest BCUT2D eigenvalue weighted by molar-refractivity contribution is 7.93. The maximum absolute atomic E-state index is 13.1. The standard InChI is InChI=1S/C12H10F2N2O4S2/c13-8-4-9(14)6-10(5-8)16-22(19,20)12-3-1-2-11(7-12)21(15,17)18/h1-7,16H,(H2,15,17,18). The van der Waals surface area contributed by atoms with Crippen molar-refractivity contribution >= 4 is 25.7 Å². The van der Waals surface area contributed by atoms with Crippen molar-refractivity contribution in [2.24, 2.45) is 5.14 Å². The summed E-state index contributed by atoms with van der Waals surface area (Å²) in [6.45, 7) is 0. The van der Waals surface area contributed by atoms with Crippen molar-refractivity contribution in [3.05, 3.63) is 54.1 Å². The lowest BCUT2D eigenvalue weighted by atomic mass is 10.3. The summed E-state index contributed by atoms with van der Waals surface area (Å²) >= 11 is 0. The molecule has 0 saturated carbocycles. The van der Waals surface area contributed by atoms with E-state index in [1.807, 2.05) is 4.72 Å². The van der Waals surface area contributed by atoms with Crippen LogP contribution in [-0.4, -0.2) is 16.8 Å². The van der Waals surface area contributed by atoms with Crippen LogP contribution in [0.25, 0.3) is 0 Å². The van der Waals surface area contributed by atoms with Gasteiger partial charge in [0.25, 0.3) is 10.0 Å². The van der Waals surface area contributed by atoms with Crippen molar-refractivity contribution in [2.45, 2.75) is 9.79 Å². The zero-order chi connectivity index (χ0) is 16.5. The number of hydrogen-bond donors (Lipinski definition) is 2. The quantitative estimate of drug-likeness (QED) is 0.871. The molecule has 118 valence electrons. The van der Waals surface area contributed by atoms with Crippen molar-refractivity contribution in [1.29, 1.82) is 0 Å². The Bertz CT molecular complexity index is 908. The molecule has 0 radical (unpaired) electrons. The molecule has 0 unspecified atom stereocenters. The fraction of sp³-hybridized carbons (Fsp3) is 0. The summed E-state index contributed by atoms with van der Waals surface area (Å²) < 4.78 is 74.7. The van der Waals surface area contributed by atoms with E-state index < -0.39 is 41.5 Å². The van der Waals surface area contributed by atoms with Crippen LogP contribution in [0.5, 0.6) is 0 Å². The molecule has 0 atom stereocenters. The Morgan fingerprint density at radius 2 is 1.41 bits per heavy atom. The second-order valence-electron chi connectivity index (χ2n) is 4.28. The van der Waals surface area contributed by atoms with E-state index >= 15 is 0 Å². The molecule has 0 aromatic heterocycles. The minimum Gasteiger partial charge on any atom is -0.279 e. The van der Waals surface area contributed by atoms with Gasteiger partial charge < -0.3 is 0 Å². The number of halogens is 2. The molecule has 10 heteroatoms. The molecule has 0 bridgehead atoms. The van der Waals surface area contributed by atoms with Gasteiger partial charge in [-0.2, -0.15) is 0 Å². The molecule has 0 amide bonds. The van der Waals surface area contributed by atoms with Gasteiger partial charge in [0.15, 0.2) is 0 Å². The van der Waals surface area contributed by atoms with Gasteiger partial charge in [-0.05, 0) is 30.3 Å². The first-order valence-corrected chi connectivity index (χ1v) is 8.73. The SMILES string of the molecule is NS(=O)(=O)c1cccc(S(=O)(=O)Nc2cc(F)cc(F)c2)c1.